The van der Waals surface area contributed by atoms with E-state index in [1.54, 1.807) is 6.08 Å². The molecule has 2 rings (SSSR count). The molecule has 0 saturated carbocycles. The Morgan fingerprint density at radius 3 is 2.57 bits per heavy atom. The summed E-state index contributed by atoms with van der Waals surface area (Å²) in [5.41, 5.74) is 0.910. The van der Waals surface area contributed by atoms with Crippen molar-refractivity contribution in [2.45, 2.75) is 26.8 Å². The van der Waals surface area contributed by atoms with Crippen LogP contribution in [-0.2, 0) is 4.79 Å². The van der Waals surface area contributed by atoms with E-state index in [0.717, 1.165) is 22.1 Å². The zero-order valence-electron chi connectivity index (χ0n) is 13.6. The first-order valence-corrected chi connectivity index (χ1v) is 7.64. The largest absolute Gasteiger partial charge is 0.493 e. The van der Waals surface area contributed by atoms with E-state index in [-0.39, 0.29) is 17.5 Å². The van der Waals surface area contributed by atoms with Crippen LogP contribution < -0.4 is 10.1 Å². The number of carbonyl (C=O) groups is 1. The second-order valence-corrected chi connectivity index (χ2v) is 5.43. The van der Waals surface area contributed by atoms with Crippen LogP contribution >= 0.6 is 0 Å². The van der Waals surface area contributed by atoms with Crippen LogP contribution in [0, 0.1) is 11.3 Å². The molecule has 1 amide bonds. The summed E-state index contributed by atoms with van der Waals surface area (Å²) >= 11 is 0. The van der Waals surface area contributed by atoms with Crippen LogP contribution in [0.5, 0.6) is 5.75 Å². The van der Waals surface area contributed by atoms with E-state index in [1.165, 1.54) is 0 Å². The number of nitrogens with zero attached hydrogens (tertiary/aromatic N) is 1. The number of amides is 1. The van der Waals surface area contributed by atoms with Crippen LogP contribution in [0.4, 0.5) is 0 Å². The van der Waals surface area contributed by atoms with Gasteiger partial charge in [0.05, 0.1) is 6.61 Å². The Bertz CT molecular complexity index is 786. The lowest BCUT2D eigenvalue weighted by molar-refractivity contribution is -0.117. The maximum Gasteiger partial charge on any atom is 0.262 e. The van der Waals surface area contributed by atoms with Gasteiger partial charge in [-0.1, -0.05) is 30.3 Å². The lowest BCUT2D eigenvalue weighted by Gasteiger charge is -2.11. The molecular weight excluding hydrogens is 288 g/mol. The van der Waals surface area contributed by atoms with Crippen LogP contribution in [-0.4, -0.2) is 18.6 Å². The van der Waals surface area contributed by atoms with Crippen LogP contribution in [0.1, 0.15) is 26.3 Å². The van der Waals surface area contributed by atoms with Crippen molar-refractivity contribution in [3.05, 3.63) is 47.5 Å². The third-order valence-corrected chi connectivity index (χ3v) is 3.30. The van der Waals surface area contributed by atoms with Gasteiger partial charge in [-0.25, -0.2) is 0 Å². The molecule has 2 aromatic carbocycles. The first-order chi connectivity index (χ1) is 11.1. The average Bonchev–Trinajstić information content (AvgIpc) is 2.53. The van der Waals surface area contributed by atoms with Gasteiger partial charge in [-0.2, -0.15) is 5.26 Å². The zero-order valence-corrected chi connectivity index (χ0v) is 13.6. The fourth-order valence-electron chi connectivity index (χ4n) is 2.35. The minimum atomic E-state index is -0.361. The maximum absolute atomic E-state index is 12.1. The first kappa shape index (κ1) is 16.6. The quantitative estimate of drug-likeness (QED) is 0.677. The monoisotopic (exact) mass is 308 g/mol. The van der Waals surface area contributed by atoms with Crippen molar-refractivity contribution in [1.29, 1.82) is 5.26 Å². The topological polar surface area (TPSA) is 62.1 Å². The summed E-state index contributed by atoms with van der Waals surface area (Å²) in [5, 5.41) is 13.9. The first-order valence-electron chi connectivity index (χ1n) is 7.64. The van der Waals surface area contributed by atoms with Gasteiger partial charge < -0.3 is 10.1 Å². The van der Waals surface area contributed by atoms with Crippen LogP contribution in [0.25, 0.3) is 16.8 Å². The Kier molecular flexibility index (Phi) is 5.37. The number of hydrogen-bond acceptors (Lipinski definition) is 3. The van der Waals surface area contributed by atoms with Crippen molar-refractivity contribution >= 4 is 22.8 Å². The molecule has 0 radical (unpaired) electrons. The van der Waals surface area contributed by atoms with Crippen molar-refractivity contribution in [1.82, 2.24) is 5.32 Å². The molecule has 0 aliphatic rings. The highest BCUT2D eigenvalue weighted by atomic mass is 16.5. The molecule has 0 aliphatic carbocycles. The molecule has 1 N–H and O–H groups in total. The lowest BCUT2D eigenvalue weighted by atomic mass is 10.0. The van der Waals surface area contributed by atoms with Crippen molar-refractivity contribution in [2.75, 3.05) is 6.61 Å². The Labute approximate surface area is 136 Å². The van der Waals surface area contributed by atoms with E-state index >= 15 is 0 Å². The van der Waals surface area contributed by atoms with Gasteiger partial charge in [0.25, 0.3) is 5.91 Å². The van der Waals surface area contributed by atoms with Gasteiger partial charge in [0, 0.05) is 11.4 Å². The number of carbonyl (C=O) groups excluding carboxylic acids is 1. The van der Waals surface area contributed by atoms with Crippen LogP contribution in [0.2, 0.25) is 0 Å². The standard InChI is InChI=1S/C19H20N2O2/c1-4-23-18-10-9-14(16-7-5-6-8-17(16)18)11-15(12-20)19(22)21-13(2)3/h5-11,13H,4H2,1-3H3,(H,21,22)/b15-11+. The third kappa shape index (κ3) is 3.89. The molecule has 0 spiro atoms. The normalized spacial score (nSPS) is 11.3. The number of nitriles is 1. The molecule has 0 heterocycles. The molecule has 4 nitrogen and oxygen atoms in total. The van der Waals surface area contributed by atoms with Gasteiger partial charge in [-0.05, 0) is 43.9 Å². The predicted octanol–water partition coefficient (Wildman–Crippen LogP) is 3.67. The van der Waals surface area contributed by atoms with Crippen molar-refractivity contribution in [3.63, 3.8) is 0 Å². The van der Waals surface area contributed by atoms with Crippen LogP contribution in [0.3, 0.4) is 0 Å². The number of nitrogens with one attached hydrogen (secondary N) is 1. The zero-order chi connectivity index (χ0) is 16.8. The molecule has 0 saturated heterocycles. The third-order valence-electron chi connectivity index (χ3n) is 3.30. The maximum atomic E-state index is 12.1. The van der Waals surface area contributed by atoms with E-state index in [9.17, 15) is 10.1 Å². The highest BCUT2D eigenvalue weighted by Crippen LogP contribution is 2.29. The summed E-state index contributed by atoms with van der Waals surface area (Å²) in [5.74, 6) is 0.436. The molecule has 0 aliphatic heterocycles. The van der Waals surface area contributed by atoms with E-state index < -0.39 is 0 Å². The summed E-state index contributed by atoms with van der Waals surface area (Å²) in [6.07, 6.45) is 1.62. The number of ether oxygens (including phenoxy) is 1. The van der Waals surface area contributed by atoms with E-state index in [4.69, 9.17) is 4.74 Å². The molecule has 4 heteroatoms. The average molecular weight is 308 g/mol. The van der Waals surface area contributed by atoms with Crippen LogP contribution in [0.15, 0.2) is 42.0 Å². The molecule has 0 bridgehead atoms. The Morgan fingerprint density at radius 1 is 1.26 bits per heavy atom. The Morgan fingerprint density at radius 2 is 1.96 bits per heavy atom. The summed E-state index contributed by atoms with van der Waals surface area (Å²) in [7, 11) is 0. The highest BCUT2D eigenvalue weighted by molar-refractivity contribution is 6.04. The molecule has 0 atom stereocenters. The molecule has 118 valence electrons. The second-order valence-electron chi connectivity index (χ2n) is 5.43. The van der Waals surface area contributed by atoms with E-state index in [1.807, 2.05) is 63.2 Å². The Balaban J connectivity index is 2.51. The highest BCUT2D eigenvalue weighted by Gasteiger charge is 2.12. The van der Waals surface area contributed by atoms with Gasteiger partial charge in [-0.15, -0.1) is 0 Å². The number of fused-ring (bicyclic) bond motifs is 1. The summed E-state index contributed by atoms with van der Waals surface area (Å²) in [4.78, 5) is 12.1. The van der Waals surface area contributed by atoms with E-state index in [2.05, 4.69) is 5.32 Å². The number of benzene rings is 2. The molecule has 2 aromatic rings. The number of hydrogen-bond donors (Lipinski definition) is 1. The summed E-state index contributed by atoms with van der Waals surface area (Å²) in [6.45, 7) is 6.24. The fraction of sp³-hybridized carbons (Fsp3) is 0.263. The second kappa shape index (κ2) is 7.46. The van der Waals surface area contributed by atoms with Crippen molar-refractivity contribution in [3.8, 4) is 11.8 Å². The smallest absolute Gasteiger partial charge is 0.262 e. The lowest BCUT2D eigenvalue weighted by Crippen LogP contribution is -2.30. The molecule has 0 aromatic heterocycles. The molecular formula is C19H20N2O2. The molecule has 0 unspecified atom stereocenters. The molecule has 0 fully saturated rings. The Hall–Kier alpha value is -2.80. The summed E-state index contributed by atoms with van der Waals surface area (Å²) in [6, 6.07) is 13.5. The minimum Gasteiger partial charge on any atom is -0.493 e. The SMILES string of the molecule is CCOc1ccc(/C=C(\C#N)C(=O)NC(C)C)c2ccccc12. The fourth-order valence-corrected chi connectivity index (χ4v) is 2.35. The van der Waals surface area contributed by atoms with Crippen molar-refractivity contribution in [2.24, 2.45) is 0 Å². The van der Waals surface area contributed by atoms with Gasteiger partial charge in [0.15, 0.2) is 0 Å². The molecule has 23 heavy (non-hydrogen) atoms. The van der Waals surface area contributed by atoms with Gasteiger partial charge in [0.1, 0.15) is 17.4 Å². The number of rotatable bonds is 5. The predicted molar refractivity (Wildman–Crippen MR) is 92.0 cm³/mol. The van der Waals surface area contributed by atoms with Crippen molar-refractivity contribution < 1.29 is 9.53 Å². The summed E-state index contributed by atoms with van der Waals surface area (Å²) < 4.78 is 5.64. The van der Waals surface area contributed by atoms with E-state index in [0.29, 0.717) is 6.61 Å². The van der Waals surface area contributed by atoms with Gasteiger partial charge >= 0.3 is 0 Å². The minimum absolute atomic E-state index is 0.0173. The van der Waals surface area contributed by atoms with Gasteiger partial charge in [-0.3, -0.25) is 4.79 Å². The van der Waals surface area contributed by atoms with Gasteiger partial charge in [0.2, 0.25) is 0 Å².